The van der Waals surface area contributed by atoms with Crippen molar-refractivity contribution in [1.29, 1.82) is 0 Å². The van der Waals surface area contributed by atoms with Crippen LogP contribution in [0.25, 0.3) is 11.4 Å². The summed E-state index contributed by atoms with van der Waals surface area (Å²) in [6, 6.07) is 9.55. The fourth-order valence-corrected chi connectivity index (χ4v) is 1.42. The third kappa shape index (κ3) is 3.11. The minimum Gasteiger partial charge on any atom is -0.352 e. The summed E-state index contributed by atoms with van der Waals surface area (Å²) in [6.07, 6.45) is 3.49. The molecule has 0 spiro atoms. The number of aromatic nitrogens is 2. The molecule has 4 heteroatoms. The monoisotopic (exact) mass is 227 g/mol. The van der Waals surface area contributed by atoms with Gasteiger partial charge in [-0.2, -0.15) is 0 Å². The maximum Gasteiger partial charge on any atom is 0.217 e. The molecule has 0 saturated carbocycles. The third-order valence-electron chi connectivity index (χ3n) is 2.29. The minimum absolute atomic E-state index is 0.0428. The Morgan fingerprint density at radius 3 is 2.59 bits per heavy atom. The van der Waals surface area contributed by atoms with Crippen molar-refractivity contribution in [3.63, 3.8) is 0 Å². The first-order chi connectivity index (χ1) is 8.25. The van der Waals surface area contributed by atoms with Crippen molar-refractivity contribution in [2.24, 2.45) is 0 Å². The number of nitrogens with zero attached hydrogens (tertiary/aromatic N) is 2. The van der Waals surface area contributed by atoms with Crippen molar-refractivity contribution in [1.82, 2.24) is 15.3 Å². The van der Waals surface area contributed by atoms with Crippen LogP contribution in [0, 0.1) is 0 Å². The predicted octanol–water partition coefficient (Wildman–Crippen LogP) is 1.78. The number of nitrogens with one attached hydrogen (secondary N) is 1. The third-order valence-corrected chi connectivity index (χ3v) is 2.29. The number of pyridine rings is 2. The summed E-state index contributed by atoms with van der Waals surface area (Å²) >= 11 is 0. The Bertz CT molecular complexity index is 494. The molecule has 0 radical (unpaired) electrons. The van der Waals surface area contributed by atoms with Gasteiger partial charge in [-0.25, -0.2) is 0 Å². The fourth-order valence-electron chi connectivity index (χ4n) is 1.42. The number of carbonyl (C=O) groups is 1. The maximum atomic E-state index is 10.8. The van der Waals surface area contributed by atoms with Crippen LogP contribution in [-0.4, -0.2) is 15.9 Å². The lowest BCUT2D eigenvalue weighted by molar-refractivity contribution is -0.119. The number of carbonyl (C=O) groups excluding carboxylic acids is 1. The van der Waals surface area contributed by atoms with Crippen molar-refractivity contribution in [3.05, 3.63) is 48.3 Å². The highest BCUT2D eigenvalue weighted by Gasteiger charge is 2.00. The molecule has 0 bridgehead atoms. The van der Waals surface area contributed by atoms with Crippen LogP contribution in [0.4, 0.5) is 0 Å². The molecule has 0 atom stereocenters. The topological polar surface area (TPSA) is 54.9 Å². The Morgan fingerprint density at radius 2 is 2.00 bits per heavy atom. The molecule has 0 fully saturated rings. The highest BCUT2D eigenvalue weighted by molar-refractivity contribution is 5.72. The summed E-state index contributed by atoms with van der Waals surface area (Å²) in [5, 5.41) is 2.73. The van der Waals surface area contributed by atoms with Gasteiger partial charge in [-0.1, -0.05) is 12.1 Å². The smallest absolute Gasteiger partial charge is 0.217 e. The van der Waals surface area contributed by atoms with Gasteiger partial charge in [0.05, 0.1) is 11.4 Å². The molecule has 17 heavy (non-hydrogen) atoms. The van der Waals surface area contributed by atoms with Crippen LogP contribution in [0.2, 0.25) is 0 Å². The van der Waals surface area contributed by atoms with Crippen LogP contribution in [-0.2, 0) is 11.3 Å². The van der Waals surface area contributed by atoms with E-state index >= 15 is 0 Å². The number of hydrogen-bond donors (Lipinski definition) is 1. The van der Waals surface area contributed by atoms with E-state index < -0.39 is 0 Å². The fraction of sp³-hybridized carbons (Fsp3) is 0.154. The average molecular weight is 227 g/mol. The second kappa shape index (κ2) is 5.21. The number of hydrogen-bond acceptors (Lipinski definition) is 3. The molecule has 0 aliphatic rings. The molecular weight excluding hydrogens is 214 g/mol. The summed E-state index contributed by atoms with van der Waals surface area (Å²) in [4.78, 5) is 19.3. The zero-order valence-corrected chi connectivity index (χ0v) is 9.55. The summed E-state index contributed by atoms with van der Waals surface area (Å²) in [7, 11) is 0. The van der Waals surface area contributed by atoms with E-state index in [-0.39, 0.29) is 5.91 Å². The van der Waals surface area contributed by atoms with Gasteiger partial charge in [-0.15, -0.1) is 0 Å². The normalized spacial score (nSPS) is 9.94. The van der Waals surface area contributed by atoms with E-state index in [1.165, 1.54) is 6.92 Å². The summed E-state index contributed by atoms with van der Waals surface area (Å²) < 4.78 is 0. The van der Waals surface area contributed by atoms with Crippen LogP contribution in [0.5, 0.6) is 0 Å². The van der Waals surface area contributed by atoms with Crippen LogP contribution < -0.4 is 5.32 Å². The van der Waals surface area contributed by atoms with E-state index in [2.05, 4.69) is 15.3 Å². The Hall–Kier alpha value is -2.23. The first-order valence-electron chi connectivity index (χ1n) is 5.36. The van der Waals surface area contributed by atoms with Gasteiger partial charge in [0.15, 0.2) is 0 Å². The second-order valence-corrected chi connectivity index (χ2v) is 3.68. The first-order valence-corrected chi connectivity index (χ1v) is 5.36. The van der Waals surface area contributed by atoms with E-state index in [4.69, 9.17) is 0 Å². The van der Waals surface area contributed by atoms with E-state index in [0.29, 0.717) is 6.54 Å². The van der Waals surface area contributed by atoms with Gasteiger partial charge in [0.2, 0.25) is 5.91 Å². The standard InChI is InChI=1S/C13H13N3O/c1-10(17)15-8-11-5-6-13(16-9-11)12-4-2-3-7-14-12/h2-7,9H,8H2,1H3,(H,15,17). The molecule has 0 unspecified atom stereocenters. The molecule has 1 amide bonds. The highest BCUT2D eigenvalue weighted by Crippen LogP contribution is 2.13. The number of amides is 1. The molecule has 2 heterocycles. The molecule has 2 aromatic rings. The minimum atomic E-state index is -0.0428. The summed E-state index contributed by atoms with van der Waals surface area (Å²) in [5.74, 6) is -0.0428. The van der Waals surface area contributed by atoms with Crippen molar-refractivity contribution >= 4 is 5.91 Å². The Balaban J connectivity index is 2.11. The van der Waals surface area contributed by atoms with Gasteiger partial charge >= 0.3 is 0 Å². The Labute approximate surface area is 99.7 Å². The molecule has 0 aliphatic carbocycles. The molecule has 0 saturated heterocycles. The van der Waals surface area contributed by atoms with Crippen molar-refractivity contribution in [2.45, 2.75) is 13.5 Å². The lowest BCUT2D eigenvalue weighted by Gasteiger charge is -2.03. The molecule has 0 aliphatic heterocycles. The van der Waals surface area contributed by atoms with Gasteiger partial charge in [-0.3, -0.25) is 14.8 Å². The van der Waals surface area contributed by atoms with Crippen molar-refractivity contribution < 1.29 is 4.79 Å². The van der Waals surface area contributed by atoms with Gasteiger partial charge in [-0.05, 0) is 23.8 Å². The molecule has 2 rings (SSSR count). The van der Waals surface area contributed by atoms with Crippen LogP contribution >= 0.6 is 0 Å². The van der Waals surface area contributed by atoms with E-state index in [9.17, 15) is 4.79 Å². The quantitative estimate of drug-likeness (QED) is 0.869. The lowest BCUT2D eigenvalue weighted by Crippen LogP contribution is -2.18. The van der Waals surface area contributed by atoms with Crippen LogP contribution in [0.1, 0.15) is 12.5 Å². The van der Waals surface area contributed by atoms with Crippen molar-refractivity contribution in [3.8, 4) is 11.4 Å². The van der Waals surface area contributed by atoms with Crippen LogP contribution in [0.15, 0.2) is 42.7 Å². The first kappa shape index (κ1) is 11.3. The lowest BCUT2D eigenvalue weighted by atomic mass is 10.2. The number of rotatable bonds is 3. The molecule has 1 N–H and O–H groups in total. The second-order valence-electron chi connectivity index (χ2n) is 3.68. The molecule has 2 aromatic heterocycles. The SMILES string of the molecule is CC(=O)NCc1ccc(-c2ccccn2)nc1. The van der Waals surface area contributed by atoms with Crippen molar-refractivity contribution in [2.75, 3.05) is 0 Å². The van der Waals surface area contributed by atoms with Gasteiger partial charge in [0.1, 0.15) is 0 Å². The Morgan fingerprint density at radius 1 is 1.18 bits per heavy atom. The van der Waals surface area contributed by atoms with Crippen LogP contribution in [0.3, 0.4) is 0 Å². The van der Waals surface area contributed by atoms with E-state index in [1.807, 2.05) is 30.3 Å². The Kier molecular flexibility index (Phi) is 3.45. The predicted molar refractivity (Wildman–Crippen MR) is 65.0 cm³/mol. The highest BCUT2D eigenvalue weighted by atomic mass is 16.1. The molecule has 0 aromatic carbocycles. The summed E-state index contributed by atoms with van der Waals surface area (Å²) in [5.41, 5.74) is 2.65. The van der Waals surface area contributed by atoms with Gasteiger partial charge < -0.3 is 5.32 Å². The molecule has 4 nitrogen and oxygen atoms in total. The van der Waals surface area contributed by atoms with Gasteiger partial charge in [0.25, 0.3) is 0 Å². The van der Waals surface area contributed by atoms with E-state index in [1.54, 1.807) is 12.4 Å². The summed E-state index contributed by atoms with van der Waals surface area (Å²) in [6.45, 7) is 2.00. The molecular formula is C13H13N3O. The largest absolute Gasteiger partial charge is 0.352 e. The maximum absolute atomic E-state index is 10.8. The zero-order valence-electron chi connectivity index (χ0n) is 9.55. The molecule has 86 valence electrons. The van der Waals surface area contributed by atoms with Gasteiger partial charge in [0, 0.05) is 25.9 Å². The van der Waals surface area contributed by atoms with E-state index in [0.717, 1.165) is 17.0 Å². The zero-order chi connectivity index (χ0) is 12.1. The average Bonchev–Trinajstić information content (AvgIpc) is 2.38.